The van der Waals surface area contributed by atoms with Crippen LogP contribution in [0.15, 0.2) is 75.2 Å². The Bertz CT molecular complexity index is 1310. The van der Waals surface area contributed by atoms with Gasteiger partial charge in [0, 0.05) is 5.69 Å². The smallest absolute Gasteiger partial charge is 0.270 e. The number of hydrogen-bond acceptors (Lipinski definition) is 4. The average Bonchev–Trinajstić information content (AvgIpc) is 3.14. The van der Waals surface area contributed by atoms with Crippen molar-refractivity contribution < 1.29 is 13.2 Å². The third-order valence-corrected chi connectivity index (χ3v) is 7.67. The molecule has 1 atom stereocenters. The number of carbonyl (C=O) groups excluding carboxylic acids is 1. The Morgan fingerprint density at radius 2 is 1.74 bits per heavy atom. The van der Waals surface area contributed by atoms with E-state index in [9.17, 15) is 18.0 Å². The number of carbonyl (C=O) groups is 1. The van der Waals surface area contributed by atoms with Crippen molar-refractivity contribution in [1.29, 1.82) is 0 Å². The summed E-state index contributed by atoms with van der Waals surface area (Å²) in [6, 6.07) is 17.4. The van der Waals surface area contributed by atoms with E-state index < -0.39 is 15.4 Å². The van der Waals surface area contributed by atoms with Gasteiger partial charge in [-0.3, -0.25) is 9.59 Å². The summed E-state index contributed by atoms with van der Waals surface area (Å²) in [5.74, 6) is -0.321. The fourth-order valence-corrected chi connectivity index (χ4v) is 5.81. The molecule has 0 spiro atoms. The Labute approximate surface area is 181 Å². The van der Waals surface area contributed by atoms with Crippen LogP contribution in [-0.4, -0.2) is 18.9 Å². The number of fused-ring (bicyclic) bond motifs is 1. The number of nitrogens with one attached hydrogen (secondary N) is 1. The molecule has 0 saturated carbocycles. The van der Waals surface area contributed by atoms with Crippen molar-refractivity contribution in [1.82, 2.24) is 9.88 Å². The Hall–Kier alpha value is -3.19. The highest BCUT2D eigenvalue weighted by Crippen LogP contribution is 2.30. The summed E-state index contributed by atoms with van der Waals surface area (Å²) in [5.41, 5.74) is 2.54. The zero-order chi connectivity index (χ0) is 22.2. The highest BCUT2D eigenvalue weighted by atomic mass is 32.2. The third kappa shape index (κ3) is 3.93. The Balaban J connectivity index is 1.65. The lowest BCUT2D eigenvalue weighted by Crippen LogP contribution is -2.36. The van der Waals surface area contributed by atoms with Gasteiger partial charge >= 0.3 is 0 Å². The number of nitrogens with zero attached hydrogens (tertiary/aromatic N) is 1. The van der Waals surface area contributed by atoms with E-state index in [1.807, 2.05) is 18.2 Å². The number of rotatable bonds is 5. The van der Waals surface area contributed by atoms with E-state index in [2.05, 4.69) is 11.4 Å². The van der Waals surface area contributed by atoms with Crippen LogP contribution in [0.2, 0.25) is 0 Å². The molecule has 7 heteroatoms. The number of hydrogen-bond donors (Lipinski definition) is 1. The van der Waals surface area contributed by atoms with Gasteiger partial charge in [-0.25, -0.2) is 8.42 Å². The zero-order valence-corrected chi connectivity index (χ0v) is 18.3. The molecule has 6 nitrogen and oxygen atoms in total. The topological polar surface area (TPSA) is 85.2 Å². The average molecular weight is 437 g/mol. The molecule has 1 unspecified atom stereocenters. The largest absolute Gasteiger partial charge is 0.348 e. The first-order chi connectivity index (χ1) is 14.8. The van der Waals surface area contributed by atoms with Crippen molar-refractivity contribution in [3.05, 3.63) is 93.4 Å². The summed E-state index contributed by atoms with van der Waals surface area (Å²) in [6.07, 6.45) is 1.70. The summed E-state index contributed by atoms with van der Waals surface area (Å²) >= 11 is 0. The molecule has 0 bridgehead atoms. The number of aryl methyl sites for hydroxylation is 3. The van der Waals surface area contributed by atoms with Crippen molar-refractivity contribution in [3.8, 4) is 0 Å². The first-order valence-electron chi connectivity index (χ1n) is 10.2. The molecule has 1 amide bonds. The molecule has 0 saturated heterocycles. The number of amides is 1. The molecule has 1 aromatic heterocycles. The minimum absolute atomic E-state index is 0.0533. The molecule has 2 aromatic carbocycles. The van der Waals surface area contributed by atoms with E-state index in [1.54, 1.807) is 38.1 Å². The minimum atomic E-state index is -4.00. The van der Waals surface area contributed by atoms with E-state index >= 15 is 0 Å². The molecular formula is C24H24N2O4S. The molecule has 31 heavy (non-hydrogen) atoms. The van der Waals surface area contributed by atoms with Crippen LogP contribution in [-0.2, 0) is 27.6 Å². The lowest BCUT2D eigenvalue weighted by molar-refractivity contribution is -0.122. The summed E-state index contributed by atoms with van der Waals surface area (Å²) in [4.78, 5) is 25.7. The maximum absolute atomic E-state index is 13.2. The Morgan fingerprint density at radius 1 is 1.06 bits per heavy atom. The summed E-state index contributed by atoms with van der Waals surface area (Å²) < 4.78 is 27.5. The van der Waals surface area contributed by atoms with E-state index in [0.717, 1.165) is 18.4 Å². The highest BCUT2D eigenvalue weighted by molar-refractivity contribution is 7.91. The van der Waals surface area contributed by atoms with Crippen LogP contribution in [0.1, 0.15) is 34.8 Å². The van der Waals surface area contributed by atoms with Gasteiger partial charge in [0.15, 0.2) is 0 Å². The van der Waals surface area contributed by atoms with Gasteiger partial charge in [0.2, 0.25) is 15.7 Å². The van der Waals surface area contributed by atoms with Crippen molar-refractivity contribution in [2.45, 2.75) is 49.1 Å². The fraction of sp³-hybridized carbons (Fsp3) is 0.250. The summed E-state index contributed by atoms with van der Waals surface area (Å²) in [7, 11) is -4.00. The second-order valence-corrected chi connectivity index (χ2v) is 9.75. The number of pyridine rings is 1. The van der Waals surface area contributed by atoms with Gasteiger partial charge in [-0.15, -0.1) is 0 Å². The first kappa shape index (κ1) is 21.1. The van der Waals surface area contributed by atoms with Gasteiger partial charge in [0.05, 0.1) is 10.9 Å². The van der Waals surface area contributed by atoms with E-state index in [-0.39, 0.29) is 28.3 Å². The maximum Gasteiger partial charge on any atom is 0.270 e. The molecule has 1 N–H and O–H groups in total. The van der Waals surface area contributed by atoms with Crippen LogP contribution in [0.3, 0.4) is 0 Å². The predicted molar refractivity (Wildman–Crippen MR) is 118 cm³/mol. The molecular weight excluding hydrogens is 412 g/mol. The molecule has 4 rings (SSSR count). The van der Waals surface area contributed by atoms with Crippen LogP contribution in [0.4, 0.5) is 0 Å². The minimum Gasteiger partial charge on any atom is -0.348 e. The molecule has 160 valence electrons. The molecule has 1 aliphatic carbocycles. The molecule has 0 fully saturated rings. The number of sulfone groups is 1. The van der Waals surface area contributed by atoms with Crippen molar-refractivity contribution in [2.75, 3.05) is 0 Å². The molecule has 0 radical (unpaired) electrons. The molecule has 1 aliphatic rings. The molecule has 1 heterocycles. The highest BCUT2D eigenvalue weighted by Gasteiger charge is 2.27. The standard InChI is InChI=1S/C24H24N2O4S/c1-16-14-17(2)26(24(28)23(16)31(29,30)19-9-4-3-5-10-19)15-22(27)25-21-13-12-18-8-6-7-11-20(18)21/h3-11,14,21H,12-13,15H2,1-2H3,(H,25,27). The van der Waals surface area contributed by atoms with Gasteiger partial charge in [-0.05, 0) is 61.6 Å². The lowest BCUT2D eigenvalue weighted by atomic mass is 10.1. The van der Waals surface area contributed by atoms with Crippen molar-refractivity contribution in [2.24, 2.45) is 0 Å². The predicted octanol–water partition coefficient (Wildman–Crippen LogP) is 3.10. The first-order valence-corrected chi connectivity index (χ1v) is 11.7. The quantitative estimate of drug-likeness (QED) is 0.666. The SMILES string of the molecule is Cc1cc(C)n(CC(=O)NC2CCc3ccccc32)c(=O)c1S(=O)(=O)c1ccccc1. The van der Waals surface area contributed by atoms with Crippen LogP contribution in [0.25, 0.3) is 0 Å². The second-order valence-electron chi connectivity index (χ2n) is 7.86. The monoisotopic (exact) mass is 436 g/mol. The zero-order valence-electron chi connectivity index (χ0n) is 17.5. The van der Waals surface area contributed by atoms with Gasteiger partial charge in [-0.2, -0.15) is 0 Å². The van der Waals surface area contributed by atoms with Crippen LogP contribution in [0.5, 0.6) is 0 Å². The van der Waals surface area contributed by atoms with Crippen LogP contribution in [0, 0.1) is 13.8 Å². The van der Waals surface area contributed by atoms with E-state index in [1.165, 1.54) is 22.3 Å². The number of aromatic nitrogens is 1. The Kier molecular flexibility index (Phi) is 5.54. The van der Waals surface area contributed by atoms with E-state index in [0.29, 0.717) is 11.3 Å². The normalized spacial score (nSPS) is 15.5. The van der Waals surface area contributed by atoms with Crippen LogP contribution < -0.4 is 10.9 Å². The molecule has 3 aromatic rings. The Morgan fingerprint density at radius 3 is 2.48 bits per heavy atom. The fourth-order valence-electron chi connectivity index (χ4n) is 4.24. The van der Waals surface area contributed by atoms with Gasteiger partial charge in [-0.1, -0.05) is 42.5 Å². The van der Waals surface area contributed by atoms with Crippen molar-refractivity contribution in [3.63, 3.8) is 0 Å². The van der Waals surface area contributed by atoms with Gasteiger partial charge in [0.25, 0.3) is 5.56 Å². The maximum atomic E-state index is 13.2. The third-order valence-electron chi connectivity index (χ3n) is 5.74. The van der Waals surface area contributed by atoms with Gasteiger partial charge in [0.1, 0.15) is 11.4 Å². The summed E-state index contributed by atoms with van der Waals surface area (Å²) in [6.45, 7) is 3.07. The van der Waals surface area contributed by atoms with Crippen molar-refractivity contribution >= 4 is 15.7 Å². The van der Waals surface area contributed by atoms with Crippen LogP contribution >= 0.6 is 0 Å². The van der Waals surface area contributed by atoms with E-state index in [4.69, 9.17) is 0 Å². The van der Waals surface area contributed by atoms with Gasteiger partial charge < -0.3 is 9.88 Å². The summed E-state index contributed by atoms with van der Waals surface area (Å²) in [5, 5.41) is 2.99. The molecule has 0 aliphatic heterocycles. The number of benzene rings is 2. The lowest BCUT2D eigenvalue weighted by Gasteiger charge is -2.17. The second kappa shape index (κ2) is 8.15.